The average molecular weight is 217 g/mol. The lowest BCUT2D eigenvalue weighted by Gasteiger charge is -2.07. The number of hydrogen-bond acceptors (Lipinski definition) is 4. The molecule has 0 aliphatic heterocycles. The van der Waals surface area contributed by atoms with Crippen LogP contribution in [0.1, 0.15) is 13.8 Å². The maximum absolute atomic E-state index is 10.8. The number of carboxylic acids is 1. The molecule has 0 unspecified atom stereocenters. The molecule has 0 heterocycles. The molecule has 0 fully saturated rings. The van der Waals surface area contributed by atoms with Crippen LogP contribution in [0, 0.1) is 0 Å². The molecule has 0 rings (SSSR count). The molecule has 5 heteroatoms. The normalized spacial score (nSPS) is 8.87. The fourth-order valence-electron chi connectivity index (χ4n) is 0.471. The molecule has 0 aliphatic carbocycles. The van der Waals surface area contributed by atoms with Gasteiger partial charge < -0.3 is 19.5 Å². The van der Waals surface area contributed by atoms with E-state index in [0.717, 1.165) is 13.5 Å². The molecule has 0 spiro atoms. The number of aliphatic carboxylic acids is 1. The van der Waals surface area contributed by atoms with Crippen molar-refractivity contribution in [3.8, 4) is 0 Å². The molecule has 15 heavy (non-hydrogen) atoms. The molecule has 0 saturated carbocycles. The summed E-state index contributed by atoms with van der Waals surface area (Å²) < 4.78 is 4.85. The summed E-state index contributed by atoms with van der Waals surface area (Å²) in [6.07, 6.45) is 0. The minimum atomic E-state index is -1.08. The smallest absolute Gasteiger partial charge is 0.333 e. The first-order chi connectivity index (χ1) is 6.77. The summed E-state index contributed by atoms with van der Waals surface area (Å²) in [4.78, 5) is 20.9. The lowest BCUT2D eigenvalue weighted by Crippen LogP contribution is -3.06. The zero-order chi connectivity index (χ0) is 12.4. The van der Waals surface area contributed by atoms with Gasteiger partial charge in [0.1, 0.15) is 13.2 Å². The predicted molar refractivity (Wildman–Crippen MR) is 54.1 cm³/mol. The van der Waals surface area contributed by atoms with Crippen molar-refractivity contribution in [3.05, 3.63) is 12.2 Å². The van der Waals surface area contributed by atoms with Crippen molar-refractivity contribution >= 4 is 11.9 Å². The lowest BCUT2D eigenvalue weighted by atomic mass is 10.4. The Bertz CT molecular complexity index is 219. The number of ether oxygens (including phenoxy) is 1. The fourth-order valence-corrected chi connectivity index (χ4v) is 0.471. The second kappa shape index (κ2) is 9.21. The largest absolute Gasteiger partial charge is 0.550 e. The molecule has 5 nitrogen and oxygen atoms in total. The summed E-state index contributed by atoms with van der Waals surface area (Å²) in [6.45, 7) is 7.39. The van der Waals surface area contributed by atoms with Crippen LogP contribution in [0.5, 0.6) is 0 Å². The van der Waals surface area contributed by atoms with Gasteiger partial charge in [0, 0.05) is 11.5 Å². The summed E-state index contributed by atoms with van der Waals surface area (Å²) in [7, 11) is 4.02. The van der Waals surface area contributed by atoms with Crippen molar-refractivity contribution < 1.29 is 24.3 Å². The number of esters is 1. The van der Waals surface area contributed by atoms with E-state index < -0.39 is 5.97 Å². The highest BCUT2D eigenvalue weighted by atomic mass is 16.5. The van der Waals surface area contributed by atoms with Gasteiger partial charge in [0.05, 0.1) is 14.1 Å². The molecule has 0 aromatic heterocycles. The summed E-state index contributed by atoms with van der Waals surface area (Å²) in [6, 6.07) is 0. The topological polar surface area (TPSA) is 70.9 Å². The van der Waals surface area contributed by atoms with Crippen LogP contribution in [0.2, 0.25) is 0 Å². The van der Waals surface area contributed by atoms with E-state index >= 15 is 0 Å². The van der Waals surface area contributed by atoms with E-state index in [1.807, 2.05) is 14.1 Å². The molecule has 88 valence electrons. The van der Waals surface area contributed by atoms with E-state index in [4.69, 9.17) is 14.6 Å². The van der Waals surface area contributed by atoms with Crippen LogP contribution in [0.3, 0.4) is 0 Å². The van der Waals surface area contributed by atoms with Crippen molar-refractivity contribution in [2.75, 3.05) is 27.2 Å². The van der Waals surface area contributed by atoms with Gasteiger partial charge in [-0.05, 0) is 13.8 Å². The Morgan fingerprint density at radius 3 is 2.00 bits per heavy atom. The van der Waals surface area contributed by atoms with Gasteiger partial charge in [-0.1, -0.05) is 6.58 Å². The van der Waals surface area contributed by atoms with E-state index in [1.165, 1.54) is 4.90 Å². The van der Waals surface area contributed by atoms with Gasteiger partial charge in [0.25, 0.3) is 0 Å². The van der Waals surface area contributed by atoms with Gasteiger partial charge in [-0.2, -0.15) is 0 Å². The maximum atomic E-state index is 10.8. The van der Waals surface area contributed by atoms with E-state index in [-0.39, 0.29) is 5.97 Å². The number of carbonyl (C=O) groups is 2. The number of carboxylic acid groups (broad SMARTS) is 1. The lowest BCUT2D eigenvalue weighted by molar-refractivity contribution is -0.858. The Hall–Kier alpha value is -1.36. The third kappa shape index (κ3) is 19.2. The van der Waals surface area contributed by atoms with Crippen LogP contribution in [0.25, 0.3) is 0 Å². The van der Waals surface area contributed by atoms with Crippen LogP contribution in [-0.4, -0.2) is 39.2 Å². The van der Waals surface area contributed by atoms with Crippen molar-refractivity contribution in [3.63, 3.8) is 0 Å². The van der Waals surface area contributed by atoms with Crippen molar-refractivity contribution in [2.45, 2.75) is 13.8 Å². The van der Waals surface area contributed by atoms with E-state index in [0.29, 0.717) is 12.2 Å². The Morgan fingerprint density at radius 2 is 1.73 bits per heavy atom. The van der Waals surface area contributed by atoms with Gasteiger partial charge in [-0.3, -0.25) is 0 Å². The summed E-state index contributed by atoms with van der Waals surface area (Å²) in [5.41, 5.74) is 0.457. The van der Waals surface area contributed by atoms with Crippen LogP contribution in [0.15, 0.2) is 12.2 Å². The number of rotatable bonds is 4. The van der Waals surface area contributed by atoms with Crippen molar-refractivity contribution in [1.82, 2.24) is 0 Å². The van der Waals surface area contributed by atoms with Crippen molar-refractivity contribution in [1.29, 1.82) is 0 Å². The predicted octanol–water partition coefficient (Wildman–Crippen LogP) is -1.99. The minimum absolute atomic E-state index is 0.300. The van der Waals surface area contributed by atoms with Crippen LogP contribution < -0.4 is 10.0 Å². The molecule has 0 bridgehead atoms. The molecule has 0 saturated heterocycles. The van der Waals surface area contributed by atoms with Gasteiger partial charge in [0.15, 0.2) is 0 Å². The number of nitrogens with one attached hydrogen (secondary N) is 1. The Morgan fingerprint density at radius 1 is 1.33 bits per heavy atom. The second-order valence-corrected chi connectivity index (χ2v) is 3.36. The minimum Gasteiger partial charge on any atom is -0.550 e. The summed E-state index contributed by atoms with van der Waals surface area (Å²) >= 11 is 0. The van der Waals surface area contributed by atoms with Crippen LogP contribution in [-0.2, 0) is 14.3 Å². The first-order valence-electron chi connectivity index (χ1n) is 4.56. The van der Waals surface area contributed by atoms with Gasteiger partial charge in [0.2, 0.25) is 0 Å². The van der Waals surface area contributed by atoms with Gasteiger partial charge >= 0.3 is 5.97 Å². The highest BCUT2D eigenvalue weighted by Crippen LogP contribution is 1.89. The Kier molecular flexibility index (Phi) is 9.87. The van der Waals surface area contributed by atoms with Gasteiger partial charge in [-0.15, -0.1) is 0 Å². The monoisotopic (exact) mass is 217 g/mol. The van der Waals surface area contributed by atoms with E-state index in [9.17, 15) is 4.79 Å². The molecule has 0 radical (unpaired) electrons. The highest BCUT2D eigenvalue weighted by Gasteiger charge is 2.02. The third-order valence-corrected chi connectivity index (χ3v) is 1.18. The standard InChI is InChI=1S/C8H15NO2.C2H4O2/c1-7(2)8(10)11-6-5-9(3)4;1-2(3)4/h1,5-6H2,2-4H3;1H3,(H,3,4). The molecule has 0 aromatic carbocycles. The van der Waals surface area contributed by atoms with Crippen molar-refractivity contribution in [2.24, 2.45) is 0 Å². The third-order valence-electron chi connectivity index (χ3n) is 1.18. The van der Waals surface area contributed by atoms with E-state index in [1.54, 1.807) is 6.92 Å². The second-order valence-electron chi connectivity index (χ2n) is 3.36. The Labute approximate surface area is 90.3 Å². The van der Waals surface area contributed by atoms with Gasteiger partial charge in [-0.25, -0.2) is 4.79 Å². The summed E-state index contributed by atoms with van der Waals surface area (Å²) in [5, 5.41) is 8.89. The molecule has 1 N–H and O–H groups in total. The van der Waals surface area contributed by atoms with E-state index in [2.05, 4.69) is 6.58 Å². The van der Waals surface area contributed by atoms with Crippen LogP contribution >= 0.6 is 0 Å². The first kappa shape index (κ1) is 16.1. The molecule has 0 aromatic rings. The molecule has 0 aliphatic rings. The molecular weight excluding hydrogens is 198 g/mol. The average Bonchev–Trinajstić information content (AvgIpc) is 2.01. The SMILES string of the molecule is C=C(C)C(=O)OCC[NH+](C)C.CC(=O)[O-]. The number of quaternary nitrogens is 1. The number of hydrogen-bond donors (Lipinski definition) is 1. The first-order valence-corrected chi connectivity index (χ1v) is 4.56. The summed E-state index contributed by atoms with van der Waals surface area (Å²) in [5.74, 6) is -1.38. The quantitative estimate of drug-likeness (QED) is 0.437. The van der Waals surface area contributed by atoms with Crippen LogP contribution in [0.4, 0.5) is 0 Å². The molecule has 0 atom stereocenters. The maximum Gasteiger partial charge on any atom is 0.333 e. The zero-order valence-corrected chi connectivity index (χ0v) is 9.75. The Balaban J connectivity index is 0. The highest BCUT2D eigenvalue weighted by molar-refractivity contribution is 5.86. The number of likely N-dealkylation sites (N-methyl/N-ethyl adjacent to an activating group) is 1. The fraction of sp³-hybridized carbons (Fsp3) is 0.600. The molecule has 0 amide bonds. The zero-order valence-electron chi connectivity index (χ0n) is 9.75. The molecular formula is C10H19NO4. The number of carbonyl (C=O) groups excluding carboxylic acids is 2.